The van der Waals surface area contributed by atoms with Crippen LogP contribution < -0.4 is 10.1 Å². The largest absolute Gasteiger partial charge is 0.435 e. The van der Waals surface area contributed by atoms with Crippen molar-refractivity contribution in [2.75, 3.05) is 5.32 Å². The lowest BCUT2D eigenvalue weighted by atomic mass is 10.2. The molecule has 1 amide bonds. The molecule has 0 spiro atoms. The van der Waals surface area contributed by atoms with Gasteiger partial charge in [-0.3, -0.25) is 9.48 Å². The molecule has 1 aromatic carbocycles. The first-order chi connectivity index (χ1) is 11.4. The fourth-order valence-electron chi connectivity index (χ4n) is 2.39. The summed E-state index contributed by atoms with van der Waals surface area (Å²) in [5, 5.41) is 7.77. The maximum Gasteiger partial charge on any atom is 0.387 e. The number of halogens is 2. The van der Waals surface area contributed by atoms with E-state index >= 15 is 0 Å². The lowest BCUT2D eigenvalue weighted by Crippen LogP contribution is -2.12. The van der Waals surface area contributed by atoms with Gasteiger partial charge in [-0.1, -0.05) is 6.07 Å². The molecule has 0 fully saturated rings. The number of anilines is 1. The van der Waals surface area contributed by atoms with Crippen LogP contribution in [0.25, 0.3) is 11.0 Å². The third-order valence-corrected chi connectivity index (χ3v) is 3.44. The van der Waals surface area contributed by atoms with Gasteiger partial charge in [-0.05, 0) is 31.2 Å². The molecule has 0 aliphatic rings. The normalized spacial score (nSPS) is 11.0. The Morgan fingerprint density at radius 1 is 1.33 bits per heavy atom. The van der Waals surface area contributed by atoms with Gasteiger partial charge in [0.05, 0.1) is 17.6 Å². The molecule has 0 unspecified atom stereocenters. The van der Waals surface area contributed by atoms with Crippen molar-refractivity contribution >= 4 is 22.6 Å². The van der Waals surface area contributed by atoms with Crippen molar-refractivity contribution < 1.29 is 18.3 Å². The molecule has 124 valence electrons. The van der Waals surface area contributed by atoms with E-state index < -0.39 is 12.5 Å². The molecule has 6 nitrogen and oxygen atoms in total. The summed E-state index contributed by atoms with van der Waals surface area (Å²) < 4.78 is 30.4. The highest BCUT2D eigenvalue weighted by Gasteiger charge is 2.12. The van der Waals surface area contributed by atoms with Gasteiger partial charge in [0.25, 0.3) is 5.91 Å². The summed E-state index contributed by atoms with van der Waals surface area (Å²) in [5.74, 6) is -0.522. The molecule has 0 atom stereocenters. The van der Waals surface area contributed by atoms with Gasteiger partial charge in [0, 0.05) is 18.0 Å². The average molecular weight is 332 g/mol. The van der Waals surface area contributed by atoms with E-state index in [1.54, 1.807) is 17.8 Å². The van der Waals surface area contributed by atoms with E-state index in [9.17, 15) is 13.6 Å². The van der Waals surface area contributed by atoms with E-state index in [0.29, 0.717) is 11.3 Å². The molecule has 0 saturated carbocycles. The lowest BCUT2D eigenvalue weighted by molar-refractivity contribution is -0.0498. The highest BCUT2D eigenvalue weighted by atomic mass is 19.3. The van der Waals surface area contributed by atoms with Crippen LogP contribution in [-0.2, 0) is 7.05 Å². The number of fused-ring (bicyclic) bond motifs is 1. The topological polar surface area (TPSA) is 69.0 Å². The molecule has 2 heterocycles. The highest BCUT2D eigenvalue weighted by molar-refractivity contribution is 6.05. The Morgan fingerprint density at radius 2 is 2.12 bits per heavy atom. The minimum Gasteiger partial charge on any atom is -0.435 e. The Kier molecular flexibility index (Phi) is 4.11. The molecule has 0 saturated heterocycles. The Morgan fingerprint density at radius 3 is 2.88 bits per heavy atom. The zero-order valence-corrected chi connectivity index (χ0v) is 13.0. The maximum atomic E-state index is 12.3. The van der Waals surface area contributed by atoms with Crippen molar-refractivity contribution in [1.29, 1.82) is 0 Å². The molecule has 0 bridgehead atoms. The third kappa shape index (κ3) is 3.17. The Balaban J connectivity index is 1.83. The number of benzene rings is 1. The number of carbonyl (C=O) groups excluding carboxylic acids is 1. The molecular formula is C16H14F2N4O2. The zero-order chi connectivity index (χ0) is 17.3. The van der Waals surface area contributed by atoms with Crippen LogP contribution in [0, 0.1) is 6.92 Å². The van der Waals surface area contributed by atoms with Crippen molar-refractivity contribution in [2.45, 2.75) is 13.5 Å². The monoisotopic (exact) mass is 332 g/mol. The number of nitrogens with one attached hydrogen (secondary N) is 1. The van der Waals surface area contributed by atoms with Crippen molar-refractivity contribution in [3.8, 4) is 5.75 Å². The van der Waals surface area contributed by atoms with Crippen molar-refractivity contribution in [1.82, 2.24) is 14.8 Å². The summed E-state index contributed by atoms with van der Waals surface area (Å²) in [5.41, 5.74) is 2.20. The first kappa shape index (κ1) is 15.9. The first-order valence-electron chi connectivity index (χ1n) is 7.09. The standard InChI is InChI=1S/C16H14F2N4O2/c1-9-13-7-11(8-19-14(13)22(2)21-9)20-15(23)10-4-3-5-12(6-10)24-16(17)18/h3-8,16H,1-2H3,(H,20,23). The molecule has 0 radical (unpaired) electrons. The number of nitrogens with zero attached hydrogens (tertiary/aromatic N) is 3. The van der Waals surface area contributed by atoms with Gasteiger partial charge in [-0.15, -0.1) is 0 Å². The smallest absolute Gasteiger partial charge is 0.387 e. The van der Waals surface area contributed by atoms with Gasteiger partial charge in [-0.25, -0.2) is 4.98 Å². The number of carbonyl (C=O) groups is 1. The Hall–Kier alpha value is -3.03. The van der Waals surface area contributed by atoms with Gasteiger partial charge in [-0.2, -0.15) is 13.9 Å². The molecule has 3 rings (SSSR count). The highest BCUT2D eigenvalue weighted by Crippen LogP contribution is 2.21. The van der Waals surface area contributed by atoms with Gasteiger partial charge in [0.2, 0.25) is 0 Å². The minimum atomic E-state index is -2.94. The van der Waals surface area contributed by atoms with Gasteiger partial charge >= 0.3 is 6.61 Å². The number of aromatic nitrogens is 3. The van der Waals surface area contributed by atoms with Crippen molar-refractivity contribution in [2.24, 2.45) is 7.05 Å². The lowest BCUT2D eigenvalue weighted by Gasteiger charge is -2.08. The number of amides is 1. The maximum absolute atomic E-state index is 12.3. The number of rotatable bonds is 4. The Labute approximate surface area is 136 Å². The summed E-state index contributed by atoms with van der Waals surface area (Å²) in [4.78, 5) is 16.5. The van der Waals surface area contributed by atoms with E-state index in [2.05, 4.69) is 20.1 Å². The average Bonchev–Trinajstić information content (AvgIpc) is 2.81. The van der Waals surface area contributed by atoms with Crippen LogP contribution in [0.1, 0.15) is 16.1 Å². The van der Waals surface area contributed by atoms with Crippen LogP contribution in [0.2, 0.25) is 0 Å². The molecule has 0 aliphatic heterocycles. The molecule has 24 heavy (non-hydrogen) atoms. The second kappa shape index (κ2) is 6.23. The second-order valence-corrected chi connectivity index (χ2v) is 5.16. The van der Waals surface area contributed by atoms with Crippen LogP contribution >= 0.6 is 0 Å². The molecule has 2 aromatic heterocycles. The van der Waals surface area contributed by atoms with E-state index in [0.717, 1.165) is 11.1 Å². The first-order valence-corrected chi connectivity index (χ1v) is 7.09. The summed E-state index contributed by atoms with van der Waals surface area (Å²) in [6, 6.07) is 7.36. The summed E-state index contributed by atoms with van der Waals surface area (Å²) in [7, 11) is 1.79. The molecular weight excluding hydrogens is 318 g/mol. The fourth-order valence-corrected chi connectivity index (χ4v) is 2.39. The summed E-state index contributed by atoms with van der Waals surface area (Å²) >= 11 is 0. The molecule has 3 aromatic rings. The predicted molar refractivity (Wildman–Crippen MR) is 84.3 cm³/mol. The SMILES string of the molecule is Cc1nn(C)c2ncc(NC(=O)c3cccc(OC(F)F)c3)cc12. The van der Waals surface area contributed by atoms with E-state index in [-0.39, 0.29) is 11.3 Å². The van der Waals surface area contributed by atoms with E-state index in [4.69, 9.17) is 0 Å². The van der Waals surface area contributed by atoms with Crippen LogP contribution in [0.3, 0.4) is 0 Å². The summed E-state index contributed by atoms with van der Waals surface area (Å²) in [6.07, 6.45) is 1.51. The van der Waals surface area contributed by atoms with Crippen LogP contribution in [0.5, 0.6) is 5.75 Å². The van der Waals surface area contributed by atoms with E-state index in [1.807, 2.05) is 6.92 Å². The second-order valence-electron chi connectivity index (χ2n) is 5.16. The van der Waals surface area contributed by atoms with Crippen molar-refractivity contribution in [3.63, 3.8) is 0 Å². The van der Waals surface area contributed by atoms with Crippen LogP contribution in [0.15, 0.2) is 36.5 Å². The fraction of sp³-hybridized carbons (Fsp3) is 0.188. The number of hydrogen-bond acceptors (Lipinski definition) is 4. The van der Waals surface area contributed by atoms with Crippen LogP contribution in [-0.4, -0.2) is 27.3 Å². The number of pyridine rings is 1. The number of alkyl halides is 2. The molecule has 8 heteroatoms. The van der Waals surface area contributed by atoms with E-state index in [1.165, 1.54) is 30.5 Å². The summed E-state index contributed by atoms with van der Waals surface area (Å²) in [6.45, 7) is -1.09. The molecule has 0 aliphatic carbocycles. The van der Waals surface area contributed by atoms with Gasteiger partial charge in [0.1, 0.15) is 5.75 Å². The minimum absolute atomic E-state index is 0.0747. The Bertz CT molecular complexity index is 908. The number of ether oxygens (including phenoxy) is 1. The zero-order valence-electron chi connectivity index (χ0n) is 13.0. The van der Waals surface area contributed by atoms with Gasteiger partial charge in [0.15, 0.2) is 5.65 Å². The van der Waals surface area contributed by atoms with Crippen LogP contribution in [0.4, 0.5) is 14.5 Å². The number of aryl methyl sites for hydroxylation is 2. The van der Waals surface area contributed by atoms with Gasteiger partial charge < -0.3 is 10.1 Å². The molecule has 1 N–H and O–H groups in total. The van der Waals surface area contributed by atoms with Crippen molar-refractivity contribution in [3.05, 3.63) is 47.8 Å². The predicted octanol–water partition coefficient (Wildman–Crippen LogP) is 3.13. The third-order valence-electron chi connectivity index (χ3n) is 3.44. The number of hydrogen-bond donors (Lipinski definition) is 1. The quantitative estimate of drug-likeness (QED) is 0.797.